The van der Waals surface area contributed by atoms with Crippen molar-refractivity contribution < 1.29 is 31.2 Å². The normalized spacial score (nSPS) is 13.8. The second kappa shape index (κ2) is 2.30. The quantitative estimate of drug-likeness (QED) is 0.265. The van der Waals surface area contributed by atoms with Crippen LogP contribution in [0.2, 0.25) is 0 Å². The van der Waals surface area contributed by atoms with Gasteiger partial charge in [-0.05, 0) is 0 Å². The van der Waals surface area contributed by atoms with Gasteiger partial charge < -0.3 is 14.4 Å². The summed E-state index contributed by atoms with van der Waals surface area (Å²) in [5.74, 6) is 0. The van der Waals surface area contributed by atoms with Gasteiger partial charge in [0.05, 0.1) is 0 Å². The summed E-state index contributed by atoms with van der Waals surface area (Å²) in [5, 5.41) is 0. The van der Waals surface area contributed by atoms with Crippen molar-refractivity contribution in [2.45, 2.75) is 0 Å². The molecule has 0 fully saturated rings. The second-order valence-corrected chi connectivity index (χ2v) is 3.75. The predicted molar refractivity (Wildman–Crippen MR) is 25.0 cm³/mol. The number of rotatable bonds is 2. The molecule has 0 bridgehead atoms. The van der Waals surface area contributed by atoms with Crippen molar-refractivity contribution in [3.63, 3.8) is 0 Å². The fraction of sp³-hybridized carbons (Fsp3) is 0. The summed E-state index contributed by atoms with van der Waals surface area (Å²) < 4.78 is 29.7. The Kier molecular flexibility index (Phi) is 2.29. The van der Waals surface area contributed by atoms with E-state index < -0.39 is 19.4 Å². The maximum absolute atomic E-state index is 9.53. The summed E-state index contributed by atoms with van der Waals surface area (Å²) in [6.45, 7) is 0. The molecule has 0 aliphatic heterocycles. The van der Waals surface area contributed by atoms with Crippen molar-refractivity contribution in [2.75, 3.05) is 0 Å². The molecule has 0 saturated carbocycles. The van der Waals surface area contributed by atoms with Crippen LogP contribution in [-0.2, 0) is 14.3 Å². The molecular weight excluding hydrogens is 172 g/mol. The third kappa shape index (κ3) is 7.97. The minimum atomic E-state index is -5.13. The van der Waals surface area contributed by atoms with Crippen molar-refractivity contribution in [3.05, 3.63) is 0 Å². The molecule has 4 N–H and O–H groups in total. The Balaban J connectivity index is 4.07. The molecule has 0 aliphatic rings. The van der Waals surface area contributed by atoms with E-state index in [0.717, 1.165) is 0 Å². The maximum atomic E-state index is 9.53. The first-order valence-corrected chi connectivity index (χ1v) is 4.67. The van der Waals surface area contributed by atoms with E-state index in [4.69, 9.17) is 18.9 Å². The van der Waals surface area contributed by atoms with Crippen LogP contribution in [0.1, 0.15) is 0 Å². The fourth-order valence-corrected chi connectivity index (χ4v) is 1.27. The molecule has 0 aromatic carbocycles. The highest BCUT2D eigenvalue weighted by Crippen LogP contribution is 1.94. The van der Waals surface area contributed by atoms with Crippen molar-refractivity contribution in [1.29, 1.82) is 0 Å². The molecule has 0 unspecified atom stereocenters. The summed E-state index contributed by atoms with van der Waals surface area (Å²) in [4.78, 5) is 23.5. The van der Waals surface area contributed by atoms with Crippen LogP contribution in [-0.4, -0.2) is 36.4 Å². The van der Waals surface area contributed by atoms with Gasteiger partial charge in [-0.3, -0.25) is 4.55 Å². The highest BCUT2D eigenvalue weighted by Gasteiger charge is 2.37. The van der Waals surface area contributed by atoms with Gasteiger partial charge in [-0.25, -0.2) is 3.87 Å². The summed E-state index contributed by atoms with van der Waals surface area (Å²) in [7, 11) is -10.1. The Labute approximate surface area is 51.6 Å². The summed E-state index contributed by atoms with van der Waals surface area (Å²) in [6, 6.07) is 0. The van der Waals surface area contributed by atoms with E-state index >= 15 is 0 Å². The molecule has 0 saturated heterocycles. The molecule has 7 nitrogen and oxygen atoms in total. The van der Waals surface area contributed by atoms with Crippen molar-refractivity contribution in [1.82, 2.24) is 0 Å². The predicted octanol–water partition coefficient (Wildman–Crippen LogP) is -2.78. The molecule has 9 heteroatoms. The zero-order valence-corrected chi connectivity index (χ0v) is 5.74. The highest BCUT2D eigenvalue weighted by atomic mass is 32.3. The van der Waals surface area contributed by atoms with Gasteiger partial charge in [-0.2, -0.15) is 8.42 Å². The van der Waals surface area contributed by atoms with Crippen LogP contribution in [0, 0.1) is 0 Å². The SMILES string of the molecule is O=S(=O)(O)O[Si](O)(O)O. The van der Waals surface area contributed by atoms with E-state index in [1.807, 2.05) is 0 Å². The van der Waals surface area contributed by atoms with Gasteiger partial charge in [0, 0.05) is 0 Å². The first-order valence-electron chi connectivity index (χ1n) is 1.56. The molecule has 0 spiro atoms. The molecule has 0 aromatic heterocycles. The van der Waals surface area contributed by atoms with Gasteiger partial charge in [0.25, 0.3) is 0 Å². The Hall–Kier alpha value is -0.0331. The third-order valence-corrected chi connectivity index (χ3v) is 1.95. The van der Waals surface area contributed by atoms with Crippen molar-refractivity contribution >= 4 is 19.4 Å². The van der Waals surface area contributed by atoms with Crippen LogP contribution >= 0.6 is 0 Å². The van der Waals surface area contributed by atoms with Crippen LogP contribution in [0.3, 0.4) is 0 Å². The van der Waals surface area contributed by atoms with Gasteiger partial charge in [0.2, 0.25) is 0 Å². The molecule has 56 valence electrons. The van der Waals surface area contributed by atoms with E-state index in [1.165, 1.54) is 0 Å². The van der Waals surface area contributed by atoms with Crippen LogP contribution in [0.4, 0.5) is 0 Å². The summed E-state index contributed by atoms with van der Waals surface area (Å²) in [5.41, 5.74) is 0. The summed E-state index contributed by atoms with van der Waals surface area (Å²) >= 11 is 0. The molecule has 0 aliphatic carbocycles. The molecule has 0 aromatic rings. The topological polar surface area (TPSA) is 124 Å². The lowest BCUT2D eigenvalue weighted by Crippen LogP contribution is -2.40. The zero-order valence-electron chi connectivity index (χ0n) is 3.92. The van der Waals surface area contributed by atoms with Crippen LogP contribution < -0.4 is 0 Å². The average molecular weight is 176 g/mol. The van der Waals surface area contributed by atoms with Gasteiger partial charge in [0.15, 0.2) is 0 Å². The third-order valence-electron chi connectivity index (χ3n) is 0.217. The zero-order chi connectivity index (χ0) is 7.71. The molecule has 9 heavy (non-hydrogen) atoms. The van der Waals surface area contributed by atoms with Gasteiger partial charge in [0.1, 0.15) is 0 Å². The second-order valence-electron chi connectivity index (χ2n) is 1.08. The lowest BCUT2D eigenvalue weighted by molar-refractivity contribution is 0.124. The van der Waals surface area contributed by atoms with Crippen molar-refractivity contribution in [2.24, 2.45) is 0 Å². The Morgan fingerprint density at radius 2 is 1.56 bits per heavy atom. The monoisotopic (exact) mass is 176 g/mol. The van der Waals surface area contributed by atoms with Crippen LogP contribution in [0.15, 0.2) is 0 Å². The standard InChI is InChI=1S/H4O7SSi/c1-8(2,3)7-9(4,5)6/h4-6H,(H,1,2,3). The molecule has 0 heterocycles. The number of hydrogen-bond acceptors (Lipinski definition) is 6. The highest BCUT2D eigenvalue weighted by molar-refractivity contribution is 7.81. The minimum Gasteiger partial charge on any atom is -0.367 e. The van der Waals surface area contributed by atoms with E-state index in [0.29, 0.717) is 0 Å². The van der Waals surface area contributed by atoms with E-state index in [2.05, 4.69) is 3.87 Å². The Morgan fingerprint density at radius 3 is 1.56 bits per heavy atom. The average Bonchev–Trinajstić information content (AvgIpc) is 1.14. The summed E-state index contributed by atoms with van der Waals surface area (Å²) in [6.07, 6.45) is 0. The van der Waals surface area contributed by atoms with Gasteiger partial charge in [-0.15, -0.1) is 0 Å². The fourth-order valence-electron chi connectivity index (χ4n) is 0.141. The lowest BCUT2D eigenvalue weighted by atomic mass is 15.7. The lowest BCUT2D eigenvalue weighted by Gasteiger charge is -2.04. The maximum Gasteiger partial charge on any atom is 0.688 e. The van der Waals surface area contributed by atoms with Crippen LogP contribution in [0.5, 0.6) is 0 Å². The van der Waals surface area contributed by atoms with E-state index in [1.54, 1.807) is 0 Å². The molecular formula is H4O7SSi. The largest absolute Gasteiger partial charge is 0.688 e. The van der Waals surface area contributed by atoms with E-state index in [9.17, 15) is 8.42 Å². The minimum absolute atomic E-state index is 2.96. The first-order chi connectivity index (χ1) is 3.71. The number of hydrogen-bond donors (Lipinski definition) is 4. The first kappa shape index (κ1) is 8.97. The van der Waals surface area contributed by atoms with Gasteiger partial charge >= 0.3 is 19.4 Å². The molecule has 0 rings (SSSR count). The Bertz CT molecular complexity index is 170. The van der Waals surface area contributed by atoms with Crippen LogP contribution in [0.25, 0.3) is 0 Å². The Morgan fingerprint density at radius 1 is 1.22 bits per heavy atom. The van der Waals surface area contributed by atoms with Crippen molar-refractivity contribution in [3.8, 4) is 0 Å². The molecule has 0 radical (unpaired) electrons. The smallest absolute Gasteiger partial charge is 0.367 e. The van der Waals surface area contributed by atoms with Gasteiger partial charge in [-0.1, -0.05) is 0 Å². The molecule has 0 atom stereocenters. The molecule has 0 amide bonds. The van der Waals surface area contributed by atoms with E-state index in [-0.39, 0.29) is 0 Å².